The SMILES string of the molecule is Cc1ccccc1OC(=O)N1CC(NC(=O)c2sc3nnc(C)c(C)c3c2N)C1. The van der Waals surface area contributed by atoms with Gasteiger partial charge in [0.15, 0.2) is 0 Å². The van der Waals surface area contributed by atoms with Crippen LogP contribution in [0.2, 0.25) is 0 Å². The number of aryl methyl sites for hydroxylation is 3. The zero-order chi connectivity index (χ0) is 20.7. The van der Waals surface area contributed by atoms with Crippen LogP contribution in [-0.4, -0.2) is 46.2 Å². The third-order valence-electron chi connectivity index (χ3n) is 5.11. The van der Waals surface area contributed by atoms with Crippen LogP contribution in [0, 0.1) is 20.8 Å². The van der Waals surface area contributed by atoms with Gasteiger partial charge in [-0.25, -0.2) is 4.79 Å². The lowest BCUT2D eigenvalue weighted by Crippen LogP contribution is -2.61. The number of ether oxygens (including phenoxy) is 1. The Kier molecular flexibility index (Phi) is 4.83. The number of hydrogen-bond acceptors (Lipinski definition) is 7. The summed E-state index contributed by atoms with van der Waals surface area (Å²) in [6.45, 7) is 6.43. The molecule has 29 heavy (non-hydrogen) atoms. The van der Waals surface area contributed by atoms with Gasteiger partial charge in [0.1, 0.15) is 15.5 Å². The zero-order valence-corrected chi connectivity index (χ0v) is 17.2. The second-order valence-corrected chi connectivity index (χ2v) is 8.14. The molecule has 3 N–H and O–H groups in total. The predicted octanol–water partition coefficient (Wildman–Crippen LogP) is 2.81. The molecule has 1 aliphatic heterocycles. The number of nitrogens with one attached hydrogen (secondary N) is 1. The Hall–Kier alpha value is -3.20. The Bertz CT molecular complexity index is 1120. The van der Waals surface area contributed by atoms with Crippen LogP contribution in [-0.2, 0) is 0 Å². The van der Waals surface area contributed by atoms with E-state index in [4.69, 9.17) is 10.5 Å². The summed E-state index contributed by atoms with van der Waals surface area (Å²) in [6, 6.07) is 7.19. The fourth-order valence-electron chi connectivity index (χ4n) is 3.21. The van der Waals surface area contributed by atoms with Crippen molar-refractivity contribution in [1.82, 2.24) is 20.4 Å². The average molecular weight is 411 g/mol. The highest BCUT2D eigenvalue weighted by atomic mass is 32.1. The van der Waals surface area contributed by atoms with Gasteiger partial charge in [0.25, 0.3) is 5.91 Å². The molecule has 0 atom stereocenters. The highest BCUT2D eigenvalue weighted by molar-refractivity contribution is 7.21. The first-order valence-electron chi connectivity index (χ1n) is 9.20. The van der Waals surface area contributed by atoms with E-state index in [1.165, 1.54) is 11.3 Å². The van der Waals surface area contributed by atoms with E-state index in [0.717, 1.165) is 22.2 Å². The molecular weight excluding hydrogens is 390 g/mol. The molecule has 150 valence electrons. The van der Waals surface area contributed by atoms with Crippen molar-refractivity contribution in [3.8, 4) is 5.75 Å². The third kappa shape index (κ3) is 3.49. The Morgan fingerprint density at radius 2 is 1.93 bits per heavy atom. The quantitative estimate of drug-likeness (QED) is 0.686. The average Bonchev–Trinajstić information content (AvgIpc) is 3.00. The van der Waals surface area contributed by atoms with E-state index in [2.05, 4.69) is 15.5 Å². The number of amides is 2. The molecule has 0 aliphatic carbocycles. The number of likely N-dealkylation sites (tertiary alicyclic amines) is 1. The van der Waals surface area contributed by atoms with E-state index >= 15 is 0 Å². The Balaban J connectivity index is 1.38. The normalized spacial score (nSPS) is 14.0. The van der Waals surface area contributed by atoms with Gasteiger partial charge in [-0.3, -0.25) is 4.79 Å². The molecule has 1 aromatic carbocycles. The van der Waals surface area contributed by atoms with Crippen LogP contribution in [0.1, 0.15) is 26.5 Å². The molecule has 0 unspecified atom stereocenters. The van der Waals surface area contributed by atoms with Crippen LogP contribution in [0.5, 0.6) is 5.75 Å². The van der Waals surface area contributed by atoms with Crippen molar-refractivity contribution >= 4 is 39.2 Å². The molecule has 4 rings (SSSR count). The number of rotatable bonds is 3. The monoisotopic (exact) mass is 411 g/mol. The molecule has 0 spiro atoms. The van der Waals surface area contributed by atoms with E-state index < -0.39 is 6.09 Å². The first-order valence-corrected chi connectivity index (χ1v) is 10.0. The minimum atomic E-state index is -0.424. The maximum atomic E-state index is 12.7. The number of benzene rings is 1. The van der Waals surface area contributed by atoms with Crippen molar-refractivity contribution in [1.29, 1.82) is 0 Å². The molecule has 0 saturated carbocycles. The van der Waals surface area contributed by atoms with Crippen molar-refractivity contribution in [3.05, 3.63) is 46.0 Å². The first kappa shape index (κ1) is 19.1. The van der Waals surface area contributed by atoms with Crippen molar-refractivity contribution < 1.29 is 14.3 Å². The molecule has 0 radical (unpaired) electrons. The lowest BCUT2D eigenvalue weighted by Gasteiger charge is -2.38. The summed E-state index contributed by atoms with van der Waals surface area (Å²) in [5.41, 5.74) is 9.25. The van der Waals surface area contributed by atoms with E-state index in [0.29, 0.717) is 34.2 Å². The highest BCUT2D eigenvalue weighted by Gasteiger charge is 2.34. The number of nitrogens with two attached hydrogens (primary N) is 1. The van der Waals surface area contributed by atoms with Crippen LogP contribution >= 0.6 is 11.3 Å². The van der Waals surface area contributed by atoms with Crippen LogP contribution < -0.4 is 15.8 Å². The fourth-order valence-corrected chi connectivity index (χ4v) is 4.21. The summed E-state index contributed by atoms with van der Waals surface area (Å²) in [4.78, 5) is 27.5. The van der Waals surface area contributed by atoms with E-state index in [-0.39, 0.29) is 11.9 Å². The minimum absolute atomic E-state index is 0.148. The van der Waals surface area contributed by atoms with Gasteiger partial charge in [-0.05, 0) is 38.0 Å². The summed E-state index contributed by atoms with van der Waals surface area (Å²) in [6.07, 6.45) is -0.424. The van der Waals surface area contributed by atoms with Gasteiger partial charge in [0, 0.05) is 18.5 Å². The first-order chi connectivity index (χ1) is 13.8. The lowest BCUT2D eigenvalue weighted by molar-refractivity contribution is 0.0792. The molecule has 2 aromatic heterocycles. The molecule has 0 bridgehead atoms. The number of nitrogens with zero attached hydrogens (tertiary/aromatic N) is 3. The molecule has 9 heteroatoms. The topological polar surface area (TPSA) is 110 Å². The maximum absolute atomic E-state index is 12.7. The molecule has 2 amide bonds. The number of fused-ring (bicyclic) bond motifs is 1. The fraction of sp³-hybridized carbons (Fsp3) is 0.300. The summed E-state index contributed by atoms with van der Waals surface area (Å²) >= 11 is 1.23. The Labute approximate surface area is 171 Å². The molecule has 3 heterocycles. The summed E-state index contributed by atoms with van der Waals surface area (Å²) < 4.78 is 5.41. The van der Waals surface area contributed by atoms with Gasteiger partial charge in [-0.2, -0.15) is 5.10 Å². The molecule has 1 saturated heterocycles. The number of carbonyl (C=O) groups is 2. The Morgan fingerprint density at radius 1 is 1.21 bits per heavy atom. The standard InChI is InChI=1S/C20H21N5O3S/c1-10-6-4-5-7-14(10)28-20(27)25-8-13(9-25)22-18(26)17-16(21)15-11(2)12(3)23-24-19(15)29-17/h4-7,13H,8-9,21H2,1-3H3,(H,22,26). The second kappa shape index (κ2) is 7.32. The van der Waals surface area contributed by atoms with Crippen molar-refractivity contribution in [2.75, 3.05) is 18.8 Å². The number of carbonyl (C=O) groups excluding carboxylic acids is 2. The molecule has 8 nitrogen and oxygen atoms in total. The lowest BCUT2D eigenvalue weighted by atomic mass is 10.1. The van der Waals surface area contributed by atoms with Crippen molar-refractivity contribution in [3.63, 3.8) is 0 Å². The predicted molar refractivity (Wildman–Crippen MR) is 111 cm³/mol. The van der Waals surface area contributed by atoms with E-state index in [1.54, 1.807) is 11.0 Å². The van der Waals surface area contributed by atoms with Gasteiger partial charge in [0.2, 0.25) is 0 Å². The number of para-hydroxylation sites is 1. The van der Waals surface area contributed by atoms with Gasteiger partial charge in [0.05, 0.1) is 17.4 Å². The molecule has 1 fully saturated rings. The van der Waals surface area contributed by atoms with Crippen molar-refractivity contribution in [2.24, 2.45) is 0 Å². The number of thiophene rings is 1. The number of anilines is 1. The highest BCUT2D eigenvalue weighted by Crippen LogP contribution is 2.35. The number of nitrogen functional groups attached to an aromatic ring is 1. The zero-order valence-electron chi connectivity index (χ0n) is 16.4. The van der Waals surface area contributed by atoms with Crippen molar-refractivity contribution in [2.45, 2.75) is 26.8 Å². The molecule has 3 aromatic rings. The van der Waals surface area contributed by atoms with E-state index in [9.17, 15) is 9.59 Å². The van der Waals surface area contributed by atoms with Gasteiger partial charge in [-0.15, -0.1) is 16.4 Å². The van der Waals surface area contributed by atoms with Gasteiger partial charge < -0.3 is 20.7 Å². The largest absolute Gasteiger partial charge is 0.415 e. The third-order valence-corrected chi connectivity index (χ3v) is 6.20. The van der Waals surface area contributed by atoms with Crippen LogP contribution in [0.3, 0.4) is 0 Å². The summed E-state index contributed by atoms with van der Waals surface area (Å²) in [5, 5.41) is 11.9. The molecule has 1 aliphatic rings. The summed E-state index contributed by atoms with van der Waals surface area (Å²) in [7, 11) is 0. The molecular formula is C20H21N5O3S. The van der Waals surface area contributed by atoms with Gasteiger partial charge >= 0.3 is 6.09 Å². The van der Waals surface area contributed by atoms with E-state index in [1.807, 2.05) is 39.0 Å². The van der Waals surface area contributed by atoms with Gasteiger partial charge in [-0.1, -0.05) is 18.2 Å². The number of aromatic nitrogens is 2. The van der Waals surface area contributed by atoms with Crippen LogP contribution in [0.15, 0.2) is 24.3 Å². The smallest absolute Gasteiger partial charge is 0.410 e. The number of hydrogen-bond donors (Lipinski definition) is 2. The summed E-state index contributed by atoms with van der Waals surface area (Å²) in [5.74, 6) is 0.272. The Morgan fingerprint density at radius 3 is 2.66 bits per heavy atom. The minimum Gasteiger partial charge on any atom is -0.410 e. The second-order valence-electron chi connectivity index (χ2n) is 7.14. The maximum Gasteiger partial charge on any atom is 0.415 e. The van der Waals surface area contributed by atoms with Crippen LogP contribution in [0.25, 0.3) is 10.2 Å². The van der Waals surface area contributed by atoms with Crippen LogP contribution in [0.4, 0.5) is 10.5 Å².